The van der Waals surface area contributed by atoms with Crippen LogP contribution in [0.4, 0.5) is 11.6 Å². The van der Waals surface area contributed by atoms with Gasteiger partial charge in [0.1, 0.15) is 6.33 Å². The van der Waals surface area contributed by atoms with Crippen molar-refractivity contribution in [3.05, 3.63) is 40.7 Å². The van der Waals surface area contributed by atoms with E-state index in [1.54, 1.807) is 0 Å². The summed E-state index contributed by atoms with van der Waals surface area (Å²) in [5, 5.41) is 13.9. The van der Waals surface area contributed by atoms with Gasteiger partial charge in [-0.25, -0.2) is 0 Å². The summed E-state index contributed by atoms with van der Waals surface area (Å²) >= 11 is 0. The lowest BCUT2D eigenvalue weighted by Crippen LogP contribution is -2.13. The Morgan fingerprint density at radius 2 is 1.89 bits per heavy atom. The van der Waals surface area contributed by atoms with E-state index in [9.17, 15) is 18.5 Å². The molecule has 10 heteroatoms. The van der Waals surface area contributed by atoms with Crippen molar-refractivity contribution in [2.75, 3.05) is 5.73 Å². The lowest BCUT2D eigenvalue weighted by atomic mass is 10.3. The highest BCUT2D eigenvalue weighted by Crippen LogP contribution is 2.17. The molecule has 1 aromatic carbocycles. The van der Waals surface area contributed by atoms with Gasteiger partial charge in [0.05, 0.1) is 9.82 Å². The molecule has 1 heterocycles. The molecule has 94 valence electrons. The largest absolute Gasteiger partial charge is 0.366 e. The number of hydrogen-bond donors (Lipinski definition) is 1. The summed E-state index contributed by atoms with van der Waals surface area (Å²) < 4.78 is 24.5. The number of hydrogen-bond acceptors (Lipinski definition) is 7. The average molecular weight is 269 g/mol. The zero-order valence-electron chi connectivity index (χ0n) is 8.79. The fourth-order valence-corrected chi connectivity index (χ4v) is 2.28. The predicted octanol–water partition coefficient (Wildman–Crippen LogP) is 0.00550. The molecule has 0 atom stereocenters. The van der Waals surface area contributed by atoms with Crippen molar-refractivity contribution in [1.29, 1.82) is 0 Å². The minimum atomic E-state index is -3.92. The Morgan fingerprint density at radius 1 is 1.28 bits per heavy atom. The molecule has 1 aromatic heterocycles. The average Bonchev–Trinajstić information content (AvgIpc) is 2.76. The third-order valence-corrected chi connectivity index (χ3v) is 3.62. The minimum absolute atomic E-state index is 0.141. The van der Waals surface area contributed by atoms with Gasteiger partial charge in [-0.2, -0.15) is 13.4 Å². The van der Waals surface area contributed by atoms with Crippen LogP contribution >= 0.6 is 0 Å². The van der Waals surface area contributed by atoms with E-state index in [1.807, 2.05) is 0 Å². The molecule has 2 N–H and O–H groups in total. The zero-order valence-corrected chi connectivity index (χ0v) is 9.61. The van der Waals surface area contributed by atoms with Gasteiger partial charge in [-0.05, 0) is 12.1 Å². The van der Waals surface area contributed by atoms with Crippen molar-refractivity contribution in [2.24, 2.45) is 0 Å². The van der Waals surface area contributed by atoms with Crippen molar-refractivity contribution in [3.8, 4) is 0 Å². The Morgan fingerprint density at radius 3 is 2.33 bits per heavy atom. The molecule has 0 amide bonds. The van der Waals surface area contributed by atoms with Crippen molar-refractivity contribution < 1.29 is 13.3 Å². The topological polar surface area (TPSA) is 134 Å². The van der Waals surface area contributed by atoms with Gasteiger partial charge in [-0.1, -0.05) is 0 Å². The maximum Gasteiger partial charge on any atom is 0.284 e. The first-order valence-electron chi connectivity index (χ1n) is 4.58. The van der Waals surface area contributed by atoms with Crippen LogP contribution in [0.3, 0.4) is 0 Å². The van der Waals surface area contributed by atoms with Crippen LogP contribution in [-0.2, 0) is 10.0 Å². The van der Waals surface area contributed by atoms with Crippen molar-refractivity contribution in [1.82, 2.24) is 14.2 Å². The van der Waals surface area contributed by atoms with E-state index in [0.717, 1.165) is 30.6 Å². The smallest absolute Gasteiger partial charge is 0.284 e. The van der Waals surface area contributed by atoms with E-state index in [0.29, 0.717) is 4.09 Å². The molecule has 0 fully saturated rings. The molecule has 2 aromatic rings. The van der Waals surface area contributed by atoms with E-state index in [2.05, 4.69) is 10.1 Å². The molecule has 0 saturated heterocycles. The highest BCUT2D eigenvalue weighted by Gasteiger charge is 2.19. The predicted molar refractivity (Wildman–Crippen MR) is 60.1 cm³/mol. The quantitative estimate of drug-likeness (QED) is 0.612. The van der Waals surface area contributed by atoms with Crippen LogP contribution in [0.25, 0.3) is 0 Å². The molecular formula is C8H7N5O4S. The Labute approximate surface area is 101 Å². The number of nitrogens with two attached hydrogens (primary N) is 1. The van der Waals surface area contributed by atoms with Crippen molar-refractivity contribution in [3.63, 3.8) is 0 Å². The monoisotopic (exact) mass is 269 g/mol. The lowest BCUT2D eigenvalue weighted by molar-refractivity contribution is -0.384. The molecular weight excluding hydrogens is 262 g/mol. The van der Waals surface area contributed by atoms with Crippen molar-refractivity contribution in [2.45, 2.75) is 4.90 Å². The number of aromatic nitrogens is 3. The first-order valence-corrected chi connectivity index (χ1v) is 6.02. The number of rotatable bonds is 3. The van der Waals surface area contributed by atoms with Gasteiger partial charge in [0.25, 0.3) is 15.7 Å². The highest BCUT2D eigenvalue weighted by molar-refractivity contribution is 7.89. The molecule has 2 rings (SSSR count). The summed E-state index contributed by atoms with van der Waals surface area (Å²) in [5.74, 6) is -0.180. The van der Waals surface area contributed by atoms with E-state index in [-0.39, 0.29) is 16.5 Å². The maximum absolute atomic E-state index is 12.0. The number of nitro benzene ring substituents is 1. The second-order valence-corrected chi connectivity index (χ2v) is 5.03. The number of benzene rings is 1. The normalized spacial score (nSPS) is 11.3. The second-order valence-electron chi connectivity index (χ2n) is 3.23. The molecule has 0 saturated carbocycles. The Bertz CT molecular complexity index is 691. The van der Waals surface area contributed by atoms with Gasteiger partial charge in [-0.3, -0.25) is 10.1 Å². The molecule has 0 radical (unpaired) electrons. The van der Waals surface area contributed by atoms with Gasteiger partial charge >= 0.3 is 0 Å². The molecule has 9 nitrogen and oxygen atoms in total. The first-order chi connectivity index (χ1) is 8.41. The maximum atomic E-state index is 12.0. The SMILES string of the molecule is Nc1ncn(S(=O)(=O)c2ccc([N+](=O)[O-])cc2)n1. The van der Waals surface area contributed by atoms with Crippen LogP contribution in [-0.4, -0.2) is 27.5 Å². The van der Waals surface area contributed by atoms with Crippen LogP contribution in [0, 0.1) is 10.1 Å². The van der Waals surface area contributed by atoms with Crippen LogP contribution in [0.1, 0.15) is 0 Å². The second kappa shape index (κ2) is 4.07. The Kier molecular flexibility index (Phi) is 2.71. The van der Waals surface area contributed by atoms with Gasteiger partial charge in [-0.15, -0.1) is 9.19 Å². The summed E-state index contributed by atoms with van der Waals surface area (Å²) in [7, 11) is -3.92. The summed E-state index contributed by atoms with van der Waals surface area (Å²) in [5.41, 5.74) is 5.02. The lowest BCUT2D eigenvalue weighted by Gasteiger charge is -2.02. The zero-order chi connectivity index (χ0) is 13.3. The van der Waals surface area contributed by atoms with Gasteiger partial charge < -0.3 is 5.73 Å². The molecule has 0 spiro atoms. The molecule has 0 aliphatic heterocycles. The standard InChI is InChI=1S/C8H7N5O4S/c9-8-10-5-12(11-8)18(16,17)7-3-1-6(2-4-7)13(14)15/h1-5H,(H2,9,11). The molecule has 0 unspecified atom stereocenters. The van der Waals surface area contributed by atoms with Crippen LogP contribution < -0.4 is 5.73 Å². The summed E-state index contributed by atoms with van der Waals surface area (Å²) in [6.45, 7) is 0. The van der Waals surface area contributed by atoms with Gasteiger partial charge in [0.15, 0.2) is 0 Å². The number of nitrogen functional groups attached to an aromatic ring is 1. The summed E-state index contributed by atoms with van der Waals surface area (Å²) in [6, 6.07) is 4.41. The highest BCUT2D eigenvalue weighted by atomic mass is 32.2. The fourth-order valence-electron chi connectivity index (χ4n) is 1.22. The summed E-state index contributed by atoms with van der Waals surface area (Å²) in [6.07, 6.45) is 0.950. The molecule has 18 heavy (non-hydrogen) atoms. The molecule has 0 aliphatic rings. The van der Waals surface area contributed by atoms with E-state index in [4.69, 9.17) is 5.73 Å². The number of anilines is 1. The van der Waals surface area contributed by atoms with Crippen molar-refractivity contribution >= 4 is 21.7 Å². The number of nitrogens with zero attached hydrogens (tertiary/aromatic N) is 4. The van der Waals surface area contributed by atoms with E-state index in [1.165, 1.54) is 0 Å². The molecule has 0 aliphatic carbocycles. The fraction of sp³-hybridized carbons (Fsp3) is 0. The van der Waals surface area contributed by atoms with Gasteiger partial charge in [0.2, 0.25) is 5.95 Å². The van der Waals surface area contributed by atoms with E-state index < -0.39 is 14.9 Å². The first kappa shape index (κ1) is 12.0. The number of nitro groups is 1. The van der Waals surface area contributed by atoms with Gasteiger partial charge in [0, 0.05) is 12.1 Å². The molecule has 0 bridgehead atoms. The Hall–Kier alpha value is -2.49. The Balaban J connectivity index is 2.45. The van der Waals surface area contributed by atoms with Crippen LogP contribution in [0.5, 0.6) is 0 Å². The minimum Gasteiger partial charge on any atom is -0.366 e. The third kappa shape index (κ3) is 2.00. The number of non-ortho nitro benzene ring substituents is 1. The van der Waals surface area contributed by atoms with Crippen LogP contribution in [0.2, 0.25) is 0 Å². The van der Waals surface area contributed by atoms with E-state index >= 15 is 0 Å². The van der Waals surface area contributed by atoms with Crippen LogP contribution in [0.15, 0.2) is 35.5 Å². The summed E-state index contributed by atoms with van der Waals surface area (Å²) in [4.78, 5) is 13.2. The third-order valence-electron chi connectivity index (χ3n) is 2.08.